The van der Waals surface area contributed by atoms with Gasteiger partial charge in [-0.15, -0.1) is 10.2 Å². The molecule has 0 unspecified atom stereocenters. The molecular formula is C18H22N8O. The SMILES string of the molecule is c1nc(N2CCN(c3ccc(N4CCOCC4)nn3)CC2)c2cc[nH]c2n1. The monoisotopic (exact) mass is 366 g/mol. The van der Waals surface area contributed by atoms with E-state index in [-0.39, 0.29) is 0 Å². The van der Waals surface area contributed by atoms with Crippen molar-refractivity contribution in [1.82, 2.24) is 25.1 Å². The minimum absolute atomic E-state index is 0.753. The number of fused-ring (bicyclic) bond motifs is 1. The van der Waals surface area contributed by atoms with Crippen molar-refractivity contribution in [3.63, 3.8) is 0 Å². The van der Waals surface area contributed by atoms with Crippen LogP contribution in [0.3, 0.4) is 0 Å². The van der Waals surface area contributed by atoms with E-state index in [9.17, 15) is 0 Å². The molecule has 0 radical (unpaired) electrons. The number of hydrogen-bond donors (Lipinski definition) is 1. The molecule has 0 atom stereocenters. The molecule has 2 saturated heterocycles. The highest BCUT2D eigenvalue weighted by atomic mass is 16.5. The normalized spacial score (nSPS) is 18.3. The molecule has 2 aliphatic heterocycles. The van der Waals surface area contributed by atoms with Crippen molar-refractivity contribution >= 4 is 28.5 Å². The van der Waals surface area contributed by atoms with E-state index in [1.807, 2.05) is 12.3 Å². The molecular weight excluding hydrogens is 344 g/mol. The number of aromatic amines is 1. The largest absolute Gasteiger partial charge is 0.378 e. The van der Waals surface area contributed by atoms with E-state index in [0.29, 0.717) is 0 Å². The summed E-state index contributed by atoms with van der Waals surface area (Å²) in [6.45, 7) is 6.82. The lowest BCUT2D eigenvalue weighted by molar-refractivity contribution is 0.122. The molecule has 9 nitrogen and oxygen atoms in total. The van der Waals surface area contributed by atoms with Crippen molar-refractivity contribution in [3.8, 4) is 0 Å². The third-order valence-corrected chi connectivity index (χ3v) is 5.21. The minimum Gasteiger partial charge on any atom is -0.378 e. The number of hydrogen-bond acceptors (Lipinski definition) is 8. The van der Waals surface area contributed by atoms with Crippen molar-refractivity contribution in [3.05, 3.63) is 30.7 Å². The zero-order valence-electron chi connectivity index (χ0n) is 15.1. The van der Waals surface area contributed by atoms with Crippen LogP contribution in [0.5, 0.6) is 0 Å². The van der Waals surface area contributed by atoms with Crippen molar-refractivity contribution < 1.29 is 4.74 Å². The second kappa shape index (κ2) is 6.99. The van der Waals surface area contributed by atoms with Crippen molar-refractivity contribution in [1.29, 1.82) is 0 Å². The van der Waals surface area contributed by atoms with E-state index < -0.39 is 0 Å². The van der Waals surface area contributed by atoms with Gasteiger partial charge in [-0.1, -0.05) is 0 Å². The van der Waals surface area contributed by atoms with Gasteiger partial charge in [0.05, 0.1) is 18.6 Å². The molecule has 0 aromatic carbocycles. The third kappa shape index (κ3) is 3.14. The van der Waals surface area contributed by atoms with E-state index in [1.54, 1.807) is 6.33 Å². The van der Waals surface area contributed by atoms with Crippen LogP contribution in [-0.2, 0) is 4.74 Å². The molecule has 3 aromatic rings. The van der Waals surface area contributed by atoms with Crippen LogP contribution in [0, 0.1) is 0 Å². The predicted octanol–water partition coefficient (Wildman–Crippen LogP) is 0.911. The van der Waals surface area contributed by atoms with E-state index in [1.165, 1.54) is 0 Å². The van der Waals surface area contributed by atoms with Gasteiger partial charge in [0, 0.05) is 45.5 Å². The molecule has 2 fully saturated rings. The van der Waals surface area contributed by atoms with Gasteiger partial charge in [-0.05, 0) is 18.2 Å². The van der Waals surface area contributed by atoms with E-state index in [0.717, 1.165) is 81.0 Å². The third-order valence-electron chi connectivity index (χ3n) is 5.21. The first-order valence-electron chi connectivity index (χ1n) is 9.33. The number of H-pyrrole nitrogens is 1. The van der Waals surface area contributed by atoms with Crippen LogP contribution in [0.25, 0.3) is 11.0 Å². The molecule has 5 heterocycles. The molecule has 3 aromatic heterocycles. The summed E-state index contributed by atoms with van der Waals surface area (Å²) < 4.78 is 5.39. The second-order valence-corrected chi connectivity index (χ2v) is 6.76. The Morgan fingerprint density at radius 3 is 2.15 bits per heavy atom. The van der Waals surface area contributed by atoms with Crippen LogP contribution in [0.15, 0.2) is 30.7 Å². The molecule has 5 rings (SSSR count). The Labute approximate surface area is 157 Å². The van der Waals surface area contributed by atoms with Gasteiger partial charge in [-0.25, -0.2) is 9.97 Å². The summed E-state index contributed by atoms with van der Waals surface area (Å²) in [4.78, 5) is 18.7. The first kappa shape index (κ1) is 16.2. The lowest BCUT2D eigenvalue weighted by atomic mass is 10.2. The number of anilines is 3. The topological polar surface area (TPSA) is 86.3 Å². The average molecular weight is 366 g/mol. The summed E-state index contributed by atoms with van der Waals surface area (Å²) in [5, 5.41) is 9.96. The van der Waals surface area contributed by atoms with Gasteiger partial charge in [0.15, 0.2) is 11.6 Å². The maximum Gasteiger partial charge on any atom is 0.151 e. The molecule has 0 saturated carbocycles. The number of nitrogens with zero attached hydrogens (tertiary/aromatic N) is 7. The Morgan fingerprint density at radius 2 is 1.44 bits per heavy atom. The Bertz CT molecular complexity index is 897. The molecule has 9 heteroatoms. The zero-order valence-corrected chi connectivity index (χ0v) is 15.1. The van der Waals surface area contributed by atoms with Crippen molar-refractivity contribution in [2.75, 3.05) is 67.2 Å². The van der Waals surface area contributed by atoms with E-state index in [2.05, 4.69) is 52.0 Å². The van der Waals surface area contributed by atoms with Gasteiger partial charge >= 0.3 is 0 Å². The summed E-state index contributed by atoms with van der Waals surface area (Å²) in [7, 11) is 0. The first-order chi connectivity index (χ1) is 13.4. The van der Waals surface area contributed by atoms with Gasteiger partial charge in [-0.3, -0.25) is 0 Å². The van der Waals surface area contributed by atoms with Crippen LogP contribution >= 0.6 is 0 Å². The summed E-state index contributed by atoms with van der Waals surface area (Å²) in [6, 6.07) is 6.17. The quantitative estimate of drug-likeness (QED) is 0.732. The maximum absolute atomic E-state index is 5.39. The molecule has 0 amide bonds. The van der Waals surface area contributed by atoms with Crippen molar-refractivity contribution in [2.45, 2.75) is 0 Å². The van der Waals surface area contributed by atoms with Crippen LogP contribution in [0.2, 0.25) is 0 Å². The molecule has 0 spiro atoms. The Hall–Kier alpha value is -2.94. The zero-order chi connectivity index (χ0) is 18.1. The lowest BCUT2D eigenvalue weighted by Crippen LogP contribution is -2.47. The number of rotatable bonds is 3. The Balaban J connectivity index is 1.26. The number of nitrogens with one attached hydrogen (secondary N) is 1. The fourth-order valence-corrected chi connectivity index (χ4v) is 3.71. The van der Waals surface area contributed by atoms with Crippen LogP contribution in [-0.4, -0.2) is 77.6 Å². The van der Waals surface area contributed by atoms with Crippen LogP contribution in [0.4, 0.5) is 17.5 Å². The predicted molar refractivity (Wildman–Crippen MR) is 103 cm³/mol. The molecule has 1 N–H and O–H groups in total. The van der Waals surface area contributed by atoms with Crippen LogP contribution < -0.4 is 14.7 Å². The molecule has 140 valence electrons. The second-order valence-electron chi connectivity index (χ2n) is 6.76. The van der Waals surface area contributed by atoms with Crippen LogP contribution in [0.1, 0.15) is 0 Å². The molecule has 0 bridgehead atoms. The summed E-state index contributed by atoms with van der Waals surface area (Å²) in [6.07, 6.45) is 3.53. The van der Waals surface area contributed by atoms with Gasteiger partial charge < -0.3 is 24.4 Å². The summed E-state index contributed by atoms with van der Waals surface area (Å²) in [5.41, 5.74) is 0.881. The fourth-order valence-electron chi connectivity index (χ4n) is 3.71. The van der Waals surface area contributed by atoms with E-state index >= 15 is 0 Å². The highest BCUT2D eigenvalue weighted by Gasteiger charge is 2.22. The Morgan fingerprint density at radius 1 is 0.778 bits per heavy atom. The van der Waals surface area contributed by atoms with Crippen molar-refractivity contribution in [2.24, 2.45) is 0 Å². The van der Waals surface area contributed by atoms with Gasteiger partial charge in [0.25, 0.3) is 0 Å². The molecule has 2 aliphatic rings. The smallest absolute Gasteiger partial charge is 0.151 e. The number of piperazine rings is 1. The summed E-state index contributed by atoms with van der Waals surface area (Å²) in [5.74, 6) is 2.85. The van der Waals surface area contributed by atoms with Gasteiger partial charge in [-0.2, -0.15) is 0 Å². The highest BCUT2D eigenvalue weighted by molar-refractivity contribution is 5.87. The minimum atomic E-state index is 0.753. The Kier molecular flexibility index (Phi) is 4.21. The lowest BCUT2D eigenvalue weighted by Gasteiger charge is -2.36. The summed E-state index contributed by atoms with van der Waals surface area (Å²) >= 11 is 0. The molecule has 27 heavy (non-hydrogen) atoms. The van der Waals surface area contributed by atoms with Gasteiger partial charge in [0.2, 0.25) is 0 Å². The number of morpholine rings is 1. The number of ether oxygens (including phenoxy) is 1. The van der Waals surface area contributed by atoms with Gasteiger partial charge in [0.1, 0.15) is 17.8 Å². The first-order valence-corrected chi connectivity index (χ1v) is 9.33. The standard InChI is InChI=1S/C18H22N8O/c1-2-16(25-9-11-27-12-10-25)23-22-15(1)24-5-7-26(8-6-24)18-14-3-4-19-17(14)20-13-21-18/h1-4,13H,5-12H2,(H,19,20,21). The molecule has 0 aliphatic carbocycles. The maximum atomic E-state index is 5.39. The highest BCUT2D eigenvalue weighted by Crippen LogP contribution is 2.24. The van der Waals surface area contributed by atoms with E-state index in [4.69, 9.17) is 4.74 Å². The fraction of sp³-hybridized carbons (Fsp3) is 0.444. The number of aromatic nitrogens is 5. The average Bonchev–Trinajstić information content (AvgIpc) is 3.24.